The number of hydrogen-bond donors (Lipinski definition) is 2. The highest BCUT2D eigenvalue weighted by Crippen LogP contribution is 2.04. The largest absolute Gasteiger partial charge is 0.396 e. The van der Waals surface area contributed by atoms with Gasteiger partial charge in [0.2, 0.25) is 0 Å². The number of aryl methyl sites for hydroxylation is 2. The summed E-state index contributed by atoms with van der Waals surface area (Å²) in [6.45, 7) is 4.22. The average molecular weight is 211 g/mol. The summed E-state index contributed by atoms with van der Waals surface area (Å²) in [5.41, 5.74) is 1.30. The van der Waals surface area contributed by atoms with Crippen LogP contribution in [0.3, 0.4) is 0 Å². The summed E-state index contributed by atoms with van der Waals surface area (Å²) in [7, 11) is 1.78. The number of rotatable bonds is 4. The molecule has 1 aromatic heterocycles. The Labute approximate surface area is 89.1 Å². The zero-order chi connectivity index (χ0) is 11.4. The van der Waals surface area contributed by atoms with Gasteiger partial charge < -0.3 is 10.4 Å². The molecule has 0 aromatic carbocycles. The average Bonchev–Trinajstić information content (AvgIpc) is 2.53. The van der Waals surface area contributed by atoms with Crippen LogP contribution in [0.5, 0.6) is 0 Å². The van der Waals surface area contributed by atoms with Gasteiger partial charge in [-0.3, -0.25) is 9.48 Å². The van der Waals surface area contributed by atoms with E-state index in [0.717, 1.165) is 0 Å². The van der Waals surface area contributed by atoms with Crippen LogP contribution in [0.2, 0.25) is 0 Å². The van der Waals surface area contributed by atoms with E-state index in [1.807, 2.05) is 6.92 Å². The van der Waals surface area contributed by atoms with Gasteiger partial charge in [-0.2, -0.15) is 5.10 Å². The number of aromatic nitrogens is 2. The fourth-order valence-electron chi connectivity index (χ4n) is 1.25. The minimum Gasteiger partial charge on any atom is -0.396 e. The van der Waals surface area contributed by atoms with Crippen LogP contribution in [0.4, 0.5) is 0 Å². The molecule has 1 amide bonds. The first-order chi connectivity index (χ1) is 7.04. The van der Waals surface area contributed by atoms with Crippen LogP contribution in [0.15, 0.2) is 6.20 Å². The summed E-state index contributed by atoms with van der Waals surface area (Å²) in [6, 6.07) is 0. The first-order valence-corrected chi connectivity index (χ1v) is 4.94. The van der Waals surface area contributed by atoms with E-state index in [-0.39, 0.29) is 18.4 Å². The molecule has 0 bridgehead atoms. The summed E-state index contributed by atoms with van der Waals surface area (Å²) in [5.74, 6) is -0.0631. The highest BCUT2D eigenvalue weighted by Gasteiger charge is 2.12. The van der Waals surface area contributed by atoms with Crippen molar-refractivity contribution in [3.8, 4) is 0 Å². The lowest BCUT2D eigenvalue weighted by molar-refractivity contribution is 0.0941. The molecule has 0 fully saturated rings. The van der Waals surface area contributed by atoms with Gasteiger partial charge in [0.05, 0.1) is 11.3 Å². The maximum atomic E-state index is 11.7. The molecular weight excluding hydrogens is 194 g/mol. The second-order valence-electron chi connectivity index (χ2n) is 3.80. The molecule has 0 aliphatic rings. The molecule has 1 aromatic rings. The molecule has 0 aliphatic carbocycles. The van der Waals surface area contributed by atoms with E-state index in [1.165, 1.54) is 0 Å². The third-order valence-electron chi connectivity index (χ3n) is 2.18. The standard InChI is InChI=1S/C10H17N3O2/c1-7(6-14)4-11-10(15)9-5-13(3)12-8(9)2/h5,7,14H,4,6H2,1-3H3,(H,11,15). The lowest BCUT2D eigenvalue weighted by Gasteiger charge is -2.08. The van der Waals surface area contributed by atoms with E-state index in [0.29, 0.717) is 17.8 Å². The lowest BCUT2D eigenvalue weighted by atomic mass is 10.2. The van der Waals surface area contributed by atoms with Gasteiger partial charge in [-0.1, -0.05) is 6.92 Å². The SMILES string of the molecule is Cc1nn(C)cc1C(=O)NCC(C)CO. The van der Waals surface area contributed by atoms with E-state index in [9.17, 15) is 4.79 Å². The molecule has 1 unspecified atom stereocenters. The van der Waals surface area contributed by atoms with Crippen molar-refractivity contribution in [2.45, 2.75) is 13.8 Å². The first kappa shape index (κ1) is 11.7. The predicted molar refractivity (Wildman–Crippen MR) is 56.5 cm³/mol. The summed E-state index contributed by atoms with van der Waals surface area (Å²) in [6.07, 6.45) is 1.69. The van der Waals surface area contributed by atoms with Crippen LogP contribution >= 0.6 is 0 Å². The molecule has 5 nitrogen and oxygen atoms in total. The molecule has 0 saturated heterocycles. The number of amides is 1. The van der Waals surface area contributed by atoms with E-state index in [2.05, 4.69) is 10.4 Å². The number of hydrogen-bond acceptors (Lipinski definition) is 3. The Morgan fingerprint density at radius 1 is 1.73 bits per heavy atom. The van der Waals surface area contributed by atoms with Crippen LogP contribution in [0, 0.1) is 12.8 Å². The van der Waals surface area contributed by atoms with Crippen molar-refractivity contribution in [2.75, 3.05) is 13.2 Å². The van der Waals surface area contributed by atoms with Crippen molar-refractivity contribution < 1.29 is 9.90 Å². The number of carbonyl (C=O) groups excluding carboxylic acids is 1. The van der Waals surface area contributed by atoms with Crippen LogP contribution in [-0.2, 0) is 7.05 Å². The van der Waals surface area contributed by atoms with E-state index in [4.69, 9.17) is 5.11 Å². The van der Waals surface area contributed by atoms with E-state index >= 15 is 0 Å². The van der Waals surface area contributed by atoms with Crippen molar-refractivity contribution >= 4 is 5.91 Å². The predicted octanol–water partition coefficient (Wildman–Crippen LogP) is 0.0867. The van der Waals surface area contributed by atoms with Gasteiger partial charge >= 0.3 is 0 Å². The summed E-state index contributed by atoms with van der Waals surface area (Å²) in [4.78, 5) is 11.7. The number of aliphatic hydroxyl groups excluding tert-OH is 1. The van der Waals surface area contributed by atoms with Crippen LogP contribution < -0.4 is 5.32 Å². The Bertz CT molecular complexity index is 346. The summed E-state index contributed by atoms with van der Waals surface area (Å²) >= 11 is 0. The topological polar surface area (TPSA) is 67.2 Å². The number of aliphatic hydroxyl groups is 1. The van der Waals surface area contributed by atoms with Crippen molar-refractivity contribution in [2.24, 2.45) is 13.0 Å². The molecule has 5 heteroatoms. The lowest BCUT2D eigenvalue weighted by Crippen LogP contribution is -2.29. The second kappa shape index (κ2) is 4.93. The third-order valence-corrected chi connectivity index (χ3v) is 2.18. The fourth-order valence-corrected chi connectivity index (χ4v) is 1.25. The smallest absolute Gasteiger partial charge is 0.254 e. The highest BCUT2D eigenvalue weighted by molar-refractivity contribution is 5.94. The van der Waals surface area contributed by atoms with E-state index < -0.39 is 0 Å². The minimum atomic E-state index is -0.138. The Balaban J connectivity index is 2.58. The second-order valence-corrected chi connectivity index (χ2v) is 3.80. The molecule has 0 aliphatic heterocycles. The molecule has 1 atom stereocenters. The van der Waals surface area contributed by atoms with E-state index in [1.54, 1.807) is 24.9 Å². The van der Waals surface area contributed by atoms with Gasteiger partial charge in [0.25, 0.3) is 5.91 Å². The zero-order valence-electron chi connectivity index (χ0n) is 9.32. The maximum absolute atomic E-state index is 11.7. The first-order valence-electron chi connectivity index (χ1n) is 4.94. The van der Waals surface area contributed by atoms with Crippen molar-refractivity contribution in [1.82, 2.24) is 15.1 Å². The molecule has 15 heavy (non-hydrogen) atoms. The van der Waals surface area contributed by atoms with Gasteiger partial charge in [0, 0.05) is 26.4 Å². The monoisotopic (exact) mass is 211 g/mol. The third kappa shape index (κ3) is 3.06. The molecule has 0 saturated carbocycles. The van der Waals surface area contributed by atoms with Crippen LogP contribution in [0.25, 0.3) is 0 Å². The Hall–Kier alpha value is -1.36. The van der Waals surface area contributed by atoms with Gasteiger partial charge in [-0.15, -0.1) is 0 Å². The number of nitrogens with one attached hydrogen (secondary N) is 1. The number of nitrogens with zero attached hydrogens (tertiary/aromatic N) is 2. The quantitative estimate of drug-likeness (QED) is 0.741. The molecule has 84 valence electrons. The zero-order valence-corrected chi connectivity index (χ0v) is 9.32. The van der Waals surface area contributed by atoms with Gasteiger partial charge in [-0.05, 0) is 12.8 Å². The maximum Gasteiger partial charge on any atom is 0.254 e. The Kier molecular flexibility index (Phi) is 3.85. The van der Waals surface area contributed by atoms with Gasteiger partial charge in [0.15, 0.2) is 0 Å². The Morgan fingerprint density at radius 2 is 2.40 bits per heavy atom. The molecule has 0 radical (unpaired) electrons. The van der Waals surface area contributed by atoms with Crippen molar-refractivity contribution in [3.63, 3.8) is 0 Å². The molecule has 0 spiro atoms. The van der Waals surface area contributed by atoms with Crippen molar-refractivity contribution in [3.05, 3.63) is 17.5 Å². The normalized spacial score (nSPS) is 12.5. The summed E-state index contributed by atoms with van der Waals surface area (Å²) in [5, 5.41) is 15.6. The molecular formula is C10H17N3O2. The van der Waals surface area contributed by atoms with Crippen LogP contribution in [-0.4, -0.2) is 33.9 Å². The van der Waals surface area contributed by atoms with Crippen LogP contribution in [0.1, 0.15) is 23.0 Å². The summed E-state index contributed by atoms with van der Waals surface area (Å²) < 4.78 is 1.61. The van der Waals surface area contributed by atoms with Crippen molar-refractivity contribution in [1.29, 1.82) is 0 Å². The fraction of sp³-hybridized carbons (Fsp3) is 0.600. The molecule has 1 heterocycles. The molecule has 1 rings (SSSR count). The minimum absolute atomic E-state index is 0.0749. The number of carbonyl (C=O) groups is 1. The van der Waals surface area contributed by atoms with Gasteiger partial charge in [0.1, 0.15) is 0 Å². The van der Waals surface area contributed by atoms with Gasteiger partial charge in [-0.25, -0.2) is 0 Å². The Morgan fingerprint density at radius 3 is 2.87 bits per heavy atom. The highest BCUT2D eigenvalue weighted by atomic mass is 16.3. The molecule has 2 N–H and O–H groups in total.